The Hall–Kier alpha value is -1.67. The Morgan fingerprint density at radius 1 is 0.584 bits per heavy atom. The normalized spacial score (nSPS) is 54.7. The quantitative estimate of drug-likeness (QED) is 0.0513. The predicted molar refractivity (Wildman–Crippen MR) is 260 cm³/mol. The molecule has 4 saturated carbocycles. The van der Waals surface area contributed by atoms with Crippen molar-refractivity contribution in [3.63, 3.8) is 0 Å². The summed E-state index contributed by atoms with van der Waals surface area (Å²) in [5.74, 6) is -1.37. The zero-order valence-electron chi connectivity index (χ0n) is 44.7. The van der Waals surface area contributed by atoms with Crippen LogP contribution in [0, 0.1) is 50.2 Å². The van der Waals surface area contributed by atoms with Crippen LogP contribution in [0.3, 0.4) is 0 Å². The molecule has 8 fully saturated rings. The average molecular weight is 1110 g/mol. The topological polar surface area (TPSA) is 394 Å². The van der Waals surface area contributed by atoms with Gasteiger partial charge in [0.05, 0.1) is 45.2 Å². The van der Waals surface area contributed by atoms with Crippen LogP contribution in [0.15, 0.2) is 11.6 Å². The SMILES string of the molecule is CC1(C)CCC2(C(=O)OC3OC(CO)C(O)C(O)C3O)C(O)CC3(C)C(=CCC4C5(C)CCC(OC6OCC(O)C(OC7OC(CO)C(O)C(OC8OC(CO)C(O)C(O)C8O)C7O)C6O)C(C)(CO)C5CCC43C)C2C1. The third-order valence-corrected chi connectivity index (χ3v) is 21.2. The monoisotopic (exact) mass is 1110 g/mol. The molecule has 24 nitrogen and oxygen atoms in total. The molecule has 0 radical (unpaired) electrons. The lowest BCUT2D eigenvalue weighted by Gasteiger charge is -2.72. The molecular formula is C53H86O24. The fourth-order valence-electron chi connectivity index (χ4n) is 16.4. The minimum absolute atomic E-state index is 0.0211. The summed E-state index contributed by atoms with van der Waals surface area (Å²) in [5.41, 5.74) is -2.97. The van der Waals surface area contributed by atoms with Crippen molar-refractivity contribution < 1.29 is 119 Å². The smallest absolute Gasteiger partial charge is 0.317 e. The highest BCUT2D eigenvalue weighted by Gasteiger charge is 2.72. The molecule has 5 aliphatic carbocycles. The second-order valence-electron chi connectivity index (χ2n) is 25.8. The summed E-state index contributed by atoms with van der Waals surface area (Å²) in [4.78, 5) is 14.8. The molecule has 0 aromatic carbocycles. The number of ether oxygens (including phenoxy) is 8. The highest BCUT2D eigenvalue weighted by Crippen LogP contribution is 2.76. The van der Waals surface area contributed by atoms with Crippen molar-refractivity contribution >= 4 is 5.97 Å². The summed E-state index contributed by atoms with van der Waals surface area (Å²) < 4.78 is 46.9. The molecule has 4 heterocycles. The van der Waals surface area contributed by atoms with Crippen molar-refractivity contribution in [3.05, 3.63) is 11.6 Å². The van der Waals surface area contributed by atoms with Crippen molar-refractivity contribution in [2.24, 2.45) is 50.2 Å². The van der Waals surface area contributed by atoms with E-state index < -0.39 is 194 Å². The Kier molecular flexibility index (Phi) is 17.0. The zero-order chi connectivity index (χ0) is 56.3. The average Bonchev–Trinajstić information content (AvgIpc) is 3.58. The van der Waals surface area contributed by atoms with Crippen LogP contribution in [0.4, 0.5) is 0 Å². The lowest BCUT2D eigenvalue weighted by molar-refractivity contribution is -0.379. The van der Waals surface area contributed by atoms with Gasteiger partial charge in [0.25, 0.3) is 0 Å². The number of carbonyl (C=O) groups is 1. The van der Waals surface area contributed by atoms with Gasteiger partial charge in [-0.1, -0.05) is 53.2 Å². The summed E-state index contributed by atoms with van der Waals surface area (Å²) in [6.07, 6.45) is -27.0. The van der Waals surface area contributed by atoms with Crippen LogP contribution in [0.1, 0.15) is 99.3 Å². The fraction of sp³-hybridized carbons (Fsp3) is 0.943. The van der Waals surface area contributed by atoms with Crippen molar-refractivity contribution in [2.45, 2.75) is 228 Å². The second kappa shape index (κ2) is 21.8. The van der Waals surface area contributed by atoms with Gasteiger partial charge in [0.2, 0.25) is 6.29 Å². The fourth-order valence-corrected chi connectivity index (χ4v) is 16.4. The van der Waals surface area contributed by atoms with Gasteiger partial charge in [-0.3, -0.25) is 4.79 Å². The van der Waals surface area contributed by atoms with E-state index in [2.05, 4.69) is 40.7 Å². The first kappa shape index (κ1) is 59.9. The van der Waals surface area contributed by atoms with Gasteiger partial charge in [0.1, 0.15) is 97.0 Å². The van der Waals surface area contributed by atoms with Crippen molar-refractivity contribution in [1.29, 1.82) is 0 Å². The maximum atomic E-state index is 14.8. The van der Waals surface area contributed by atoms with Crippen LogP contribution in [0.5, 0.6) is 0 Å². The molecule has 77 heavy (non-hydrogen) atoms. The second-order valence-corrected chi connectivity index (χ2v) is 25.8. The summed E-state index contributed by atoms with van der Waals surface area (Å²) >= 11 is 0. The minimum Gasteiger partial charge on any atom is -0.432 e. The molecule has 9 aliphatic rings. The lowest BCUT2D eigenvalue weighted by atomic mass is 9.33. The summed E-state index contributed by atoms with van der Waals surface area (Å²) in [5, 5.41) is 163. The zero-order valence-corrected chi connectivity index (χ0v) is 44.7. The van der Waals surface area contributed by atoms with Gasteiger partial charge in [0.15, 0.2) is 18.9 Å². The number of rotatable bonds is 12. The van der Waals surface area contributed by atoms with Crippen molar-refractivity contribution in [2.75, 3.05) is 33.0 Å². The van der Waals surface area contributed by atoms with E-state index >= 15 is 0 Å². The predicted octanol–water partition coefficient (Wildman–Crippen LogP) is -3.45. The summed E-state index contributed by atoms with van der Waals surface area (Å²) in [6, 6.07) is 0. The van der Waals surface area contributed by atoms with Crippen LogP contribution in [-0.4, -0.2) is 245 Å². The number of fused-ring (bicyclic) bond motifs is 7. The first-order chi connectivity index (χ1) is 36.1. The minimum atomic E-state index is -1.95. The Morgan fingerprint density at radius 3 is 1.75 bits per heavy atom. The number of hydrogen-bond donors (Lipinski definition) is 15. The van der Waals surface area contributed by atoms with Crippen molar-refractivity contribution in [3.8, 4) is 0 Å². The number of aliphatic hydroxyl groups excluding tert-OH is 15. The Balaban J connectivity index is 0.922. The lowest BCUT2D eigenvalue weighted by Crippen LogP contribution is -2.69. The molecule has 4 aliphatic heterocycles. The van der Waals surface area contributed by atoms with Gasteiger partial charge in [-0.05, 0) is 97.2 Å². The van der Waals surface area contributed by atoms with Gasteiger partial charge in [-0.15, -0.1) is 0 Å². The largest absolute Gasteiger partial charge is 0.432 e. The summed E-state index contributed by atoms with van der Waals surface area (Å²) in [7, 11) is 0. The molecule has 0 aromatic rings. The van der Waals surface area contributed by atoms with Crippen LogP contribution in [0.2, 0.25) is 0 Å². The third-order valence-electron chi connectivity index (χ3n) is 21.2. The van der Waals surface area contributed by atoms with E-state index in [1.807, 2.05) is 6.92 Å². The Bertz CT molecular complexity index is 2120. The van der Waals surface area contributed by atoms with E-state index in [-0.39, 0.29) is 36.7 Å². The van der Waals surface area contributed by atoms with Crippen LogP contribution in [0.25, 0.3) is 0 Å². The van der Waals surface area contributed by atoms with E-state index in [1.54, 1.807) is 0 Å². The van der Waals surface area contributed by atoms with Crippen LogP contribution >= 0.6 is 0 Å². The van der Waals surface area contributed by atoms with Crippen LogP contribution in [-0.2, 0) is 42.7 Å². The van der Waals surface area contributed by atoms with E-state index in [1.165, 1.54) is 0 Å². The van der Waals surface area contributed by atoms with Gasteiger partial charge >= 0.3 is 5.97 Å². The molecule has 0 bridgehead atoms. The molecule has 29 unspecified atom stereocenters. The van der Waals surface area contributed by atoms with E-state index in [0.29, 0.717) is 44.9 Å². The molecule has 15 N–H and O–H groups in total. The van der Waals surface area contributed by atoms with Gasteiger partial charge in [-0.2, -0.15) is 0 Å². The first-order valence-corrected chi connectivity index (χ1v) is 27.5. The van der Waals surface area contributed by atoms with Crippen LogP contribution < -0.4 is 0 Å². The number of carbonyl (C=O) groups excluding carboxylic acids is 1. The number of aliphatic hydroxyl groups is 15. The molecule has 9 rings (SSSR count). The molecule has 442 valence electrons. The standard InChI is InChI=1S/C53H86O24/c1-48(2)13-14-53(47(69)77-45-38(66)36(64)33(61)26(18-55)72-45)23(15-48)22-7-8-29-49(3)11-10-31(50(4,21-57)28(49)9-12-51(29,5)52(22,6)16-30(53)59)74-43-39(67)41(24(58)20-70-43)75-46-40(68)42(34(62)27(19-56)73-46)76-44-37(65)35(63)32(60)25(17-54)71-44/h7,23-46,54-68H,8-21H2,1-6H3. The van der Waals surface area contributed by atoms with E-state index in [0.717, 1.165) is 5.57 Å². The number of hydrogen-bond acceptors (Lipinski definition) is 24. The molecule has 0 amide bonds. The van der Waals surface area contributed by atoms with Gasteiger partial charge in [0, 0.05) is 5.41 Å². The molecule has 4 saturated heterocycles. The highest BCUT2D eigenvalue weighted by molar-refractivity contribution is 5.80. The molecule has 29 atom stereocenters. The Morgan fingerprint density at radius 2 is 1.14 bits per heavy atom. The number of esters is 1. The first-order valence-electron chi connectivity index (χ1n) is 27.5. The van der Waals surface area contributed by atoms with Gasteiger partial charge in [-0.25, -0.2) is 0 Å². The maximum Gasteiger partial charge on any atom is 0.317 e. The molecule has 24 heteroatoms. The van der Waals surface area contributed by atoms with E-state index in [9.17, 15) is 81.4 Å². The van der Waals surface area contributed by atoms with Gasteiger partial charge < -0.3 is 114 Å². The summed E-state index contributed by atoms with van der Waals surface area (Å²) in [6.45, 7) is 9.92. The molecule has 0 spiro atoms. The van der Waals surface area contributed by atoms with Crippen molar-refractivity contribution in [1.82, 2.24) is 0 Å². The third kappa shape index (κ3) is 9.59. The highest BCUT2D eigenvalue weighted by atomic mass is 16.8. The Labute approximate surface area is 447 Å². The van der Waals surface area contributed by atoms with E-state index in [4.69, 9.17) is 37.9 Å². The molecular weight excluding hydrogens is 1020 g/mol. The maximum absolute atomic E-state index is 14.8. The molecule has 0 aromatic heterocycles. The number of allylic oxidation sites excluding steroid dienone is 2.